The van der Waals surface area contributed by atoms with Crippen LogP contribution in [0.4, 0.5) is 0 Å². The fourth-order valence-corrected chi connectivity index (χ4v) is 2.44. The number of rotatable bonds is 1. The third kappa shape index (κ3) is 2.61. The second-order valence-corrected chi connectivity index (χ2v) is 6.90. The molecule has 7 heteroatoms. The predicted molar refractivity (Wildman–Crippen MR) is 78.9 cm³/mol. The van der Waals surface area contributed by atoms with Gasteiger partial charge in [-0.2, -0.15) is 0 Å². The molecule has 2 aromatic rings. The normalized spacial score (nSPS) is 13.7. The van der Waals surface area contributed by atoms with Crippen molar-refractivity contribution >= 4 is 45.8 Å². The van der Waals surface area contributed by atoms with Gasteiger partial charge in [0.05, 0.1) is 10.9 Å². The number of alkyl halides is 3. The molecule has 2 rings (SSSR count). The largest absolute Gasteiger partial charge is 0.507 e. The number of benzene rings is 1. The first-order chi connectivity index (χ1) is 9.12. The molecule has 1 heterocycles. The maximum Gasteiger partial charge on any atom is 0.342 e. The van der Waals surface area contributed by atoms with E-state index in [0.717, 1.165) is 5.56 Å². The van der Waals surface area contributed by atoms with Crippen molar-refractivity contribution in [1.82, 2.24) is 0 Å². The van der Waals surface area contributed by atoms with E-state index < -0.39 is 15.5 Å². The molecule has 0 aliphatic heterocycles. The molecule has 20 heavy (non-hydrogen) atoms. The summed E-state index contributed by atoms with van der Waals surface area (Å²) in [7, 11) is 0. The van der Waals surface area contributed by atoms with Crippen LogP contribution >= 0.6 is 34.8 Å². The van der Waals surface area contributed by atoms with Crippen molar-refractivity contribution in [2.24, 2.45) is 0 Å². The van der Waals surface area contributed by atoms with Gasteiger partial charge in [0.1, 0.15) is 17.4 Å². The first-order valence-electron chi connectivity index (χ1n) is 5.64. The number of aryl methyl sites for hydroxylation is 2. The molecule has 0 radical (unpaired) electrons. The van der Waals surface area contributed by atoms with Crippen molar-refractivity contribution in [3.8, 4) is 5.75 Å². The molecule has 0 aliphatic carbocycles. The lowest BCUT2D eigenvalue weighted by Crippen LogP contribution is -2.24. The zero-order chi connectivity index (χ0) is 15.2. The zero-order valence-electron chi connectivity index (χ0n) is 10.6. The van der Waals surface area contributed by atoms with Gasteiger partial charge in [0, 0.05) is 0 Å². The van der Waals surface area contributed by atoms with Crippen molar-refractivity contribution in [2.45, 2.75) is 23.7 Å². The Labute approximate surface area is 129 Å². The van der Waals surface area contributed by atoms with Gasteiger partial charge in [-0.1, -0.05) is 34.8 Å². The molecular formula is C13H11Cl3O4. The van der Waals surface area contributed by atoms with Gasteiger partial charge in [-0.25, -0.2) is 4.79 Å². The third-order valence-corrected chi connectivity index (χ3v) is 3.63. The number of halogens is 3. The summed E-state index contributed by atoms with van der Waals surface area (Å²) in [5, 5.41) is 20.3. The van der Waals surface area contributed by atoms with E-state index in [0.29, 0.717) is 10.9 Å². The van der Waals surface area contributed by atoms with E-state index in [2.05, 4.69) is 0 Å². The van der Waals surface area contributed by atoms with Gasteiger partial charge < -0.3 is 14.6 Å². The van der Waals surface area contributed by atoms with Crippen LogP contribution in [0.5, 0.6) is 5.75 Å². The maximum atomic E-state index is 12.0. The molecule has 4 nitrogen and oxygen atoms in total. The van der Waals surface area contributed by atoms with E-state index in [9.17, 15) is 15.0 Å². The minimum atomic E-state index is -2.08. The summed E-state index contributed by atoms with van der Waals surface area (Å²) < 4.78 is 3.02. The SMILES string of the molecule is Cc1cc(O)c2c(C)c(C(O)C(Cl)(Cl)Cl)c(=O)oc2c1. The van der Waals surface area contributed by atoms with Gasteiger partial charge in [-0.05, 0) is 37.1 Å². The minimum absolute atomic E-state index is 0.0704. The summed E-state index contributed by atoms with van der Waals surface area (Å²) in [6.07, 6.45) is -1.66. The molecule has 0 fully saturated rings. The molecule has 0 amide bonds. The fourth-order valence-electron chi connectivity index (χ4n) is 2.12. The smallest absolute Gasteiger partial charge is 0.342 e. The highest BCUT2D eigenvalue weighted by Crippen LogP contribution is 2.41. The monoisotopic (exact) mass is 336 g/mol. The highest BCUT2D eigenvalue weighted by atomic mass is 35.6. The van der Waals surface area contributed by atoms with Crippen LogP contribution in [-0.2, 0) is 0 Å². The number of hydrogen-bond donors (Lipinski definition) is 2. The summed E-state index contributed by atoms with van der Waals surface area (Å²) in [6.45, 7) is 3.29. The van der Waals surface area contributed by atoms with Gasteiger partial charge in [-0.15, -0.1) is 0 Å². The Hall–Kier alpha value is -0.940. The number of aliphatic hydroxyl groups excluding tert-OH is 1. The average Bonchev–Trinajstić information content (AvgIpc) is 2.25. The number of phenolic OH excluding ortho intramolecular Hbond substituents is 1. The van der Waals surface area contributed by atoms with Crippen molar-refractivity contribution < 1.29 is 14.6 Å². The summed E-state index contributed by atoms with van der Waals surface area (Å²) in [5.74, 6) is -0.0704. The number of aromatic hydroxyl groups is 1. The first-order valence-corrected chi connectivity index (χ1v) is 6.78. The van der Waals surface area contributed by atoms with Crippen LogP contribution < -0.4 is 5.63 Å². The lowest BCUT2D eigenvalue weighted by molar-refractivity contribution is 0.177. The molecule has 1 aromatic carbocycles. The molecule has 0 bridgehead atoms. The number of fused-ring (bicyclic) bond motifs is 1. The van der Waals surface area contributed by atoms with Crippen molar-refractivity contribution in [3.05, 3.63) is 39.2 Å². The van der Waals surface area contributed by atoms with E-state index in [1.807, 2.05) is 0 Å². The van der Waals surface area contributed by atoms with Crippen LogP contribution in [0.25, 0.3) is 11.0 Å². The summed E-state index contributed by atoms with van der Waals surface area (Å²) in [5.41, 5.74) is 0.264. The first kappa shape index (κ1) is 15.4. The number of hydrogen-bond acceptors (Lipinski definition) is 4. The van der Waals surface area contributed by atoms with Crippen molar-refractivity contribution in [3.63, 3.8) is 0 Å². The molecule has 0 saturated carbocycles. The van der Waals surface area contributed by atoms with Crippen LogP contribution in [0.15, 0.2) is 21.3 Å². The molecule has 1 aromatic heterocycles. The second-order valence-electron chi connectivity index (χ2n) is 4.53. The van der Waals surface area contributed by atoms with Crippen LogP contribution in [-0.4, -0.2) is 14.0 Å². The Bertz CT molecular complexity index is 731. The van der Waals surface area contributed by atoms with Gasteiger partial charge in [0.25, 0.3) is 0 Å². The molecule has 2 N–H and O–H groups in total. The van der Waals surface area contributed by atoms with E-state index in [1.54, 1.807) is 19.9 Å². The molecule has 0 spiro atoms. The van der Waals surface area contributed by atoms with Gasteiger partial charge in [0.2, 0.25) is 3.79 Å². The lowest BCUT2D eigenvalue weighted by Gasteiger charge is -2.20. The highest BCUT2D eigenvalue weighted by Gasteiger charge is 2.36. The van der Waals surface area contributed by atoms with Gasteiger partial charge >= 0.3 is 5.63 Å². The van der Waals surface area contributed by atoms with E-state index in [4.69, 9.17) is 39.2 Å². The average molecular weight is 338 g/mol. The summed E-state index contributed by atoms with van der Waals surface area (Å²) >= 11 is 16.8. The Morgan fingerprint density at radius 2 is 1.85 bits per heavy atom. The number of aliphatic hydroxyl groups is 1. The standard InChI is InChI=1S/C13H11Cl3O4/c1-5-3-7(17)9-6(2)10(11(18)13(14,15)16)12(19)20-8(9)4-5/h3-4,11,17-18H,1-2H3. The minimum Gasteiger partial charge on any atom is -0.507 e. The molecule has 0 saturated heterocycles. The van der Waals surface area contributed by atoms with Crippen LogP contribution in [0.1, 0.15) is 22.8 Å². The molecule has 0 aliphatic rings. The number of phenols is 1. The summed E-state index contributed by atoms with van der Waals surface area (Å²) in [6, 6.07) is 3.12. The van der Waals surface area contributed by atoms with Gasteiger partial charge in [0.15, 0.2) is 0 Å². The maximum absolute atomic E-state index is 12.0. The Morgan fingerprint density at radius 3 is 2.40 bits per heavy atom. The zero-order valence-corrected chi connectivity index (χ0v) is 12.8. The highest BCUT2D eigenvalue weighted by molar-refractivity contribution is 6.68. The quantitative estimate of drug-likeness (QED) is 0.617. The van der Waals surface area contributed by atoms with Crippen LogP contribution in [0.3, 0.4) is 0 Å². The lowest BCUT2D eigenvalue weighted by atomic mass is 10.0. The molecule has 108 valence electrons. The van der Waals surface area contributed by atoms with Crippen molar-refractivity contribution in [1.29, 1.82) is 0 Å². The van der Waals surface area contributed by atoms with E-state index in [1.165, 1.54) is 6.07 Å². The Morgan fingerprint density at radius 1 is 1.25 bits per heavy atom. The topological polar surface area (TPSA) is 70.7 Å². The molecule has 1 atom stereocenters. The Kier molecular flexibility index (Phi) is 3.95. The fraction of sp³-hybridized carbons (Fsp3) is 0.308. The summed E-state index contributed by atoms with van der Waals surface area (Å²) in [4.78, 5) is 12.0. The third-order valence-electron chi connectivity index (χ3n) is 3.01. The predicted octanol–water partition coefficient (Wildman–Crippen LogP) is 3.52. The molecular weight excluding hydrogens is 326 g/mol. The van der Waals surface area contributed by atoms with E-state index in [-0.39, 0.29) is 16.9 Å². The van der Waals surface area contributed by atoms with Crippen LogP contribution in [0, 0.1) is 13.8 Å². The van der Waals surface area contributed by atoms with E-state index >= 15 is 0 Å². The van der Waals surface area contributed by atoms with Crippen molar-refractivity contribution in [2.75, 3.05) is 0 Å². The molecule has 1 unspecified atom stereocenters. The Balaban J connectivity index is 2.86. The second kappa shape index (κ2) is 5.11. The van der Waals surface area contributed by atoms with Crippen LogP contribution in [0.2, 0.25) is 0 Å². The van der Waals surface area contributed by atoms with Gasteiger partial charge in [-0.3, -0.25) is 0 Å².